The van der Waals surface area contributed by atoms with Gasteiger partial charge in [-0.1, -0.05) is 24.3 Å². The van der Waals surface area contributed by atoms with Gasteiger partial charge in [0.25, 0.3) is 0 Å². The number of aliphatic hydroxyl groups is 1. The number of rotatable bonds is 6. The summed E-state index contributed by atoms with van der Waals surface area (Å²) in [5.41, 5.74) is -0.135. The van der Waals surface area contributed by atoms with Gasteiger partial charge in [-0.3, -0.25) is 4.79 Å². The number of halogens is 2. The van der Waals surface area contributed by atoms with Crippen molar-refractivity contribution in [2.45, 2.75) is 56.7 Å². The van der Waals surface area contributed by atoms with E-state index in [4.69, 9.17) is 14.2 Å². The highest BCUT2D eigenvalue weighted by Crippen LogP contribution is 2.46. The van der Waals surface area contributed by atoms with Gasteiger partial charge >= 0.3 is 11.9 Å². The molecule has 166 valence electrons. The SMILES string of the molecule is COC(=O)C[C@@H]1COc2cc(O[C@@H]3CCc4c3cccc4C(F)(F)C(C)(C)O)ccc21. The van der Waals surface area contributed by atoms with E-state index in [9.17, 15) is 18.7 Å². The number of hydrogen-bond donors (Lipinski definition) is 1. The standard InChI is InChI=1S/C24H26F2O5/c1-23(2,28)24(25,26)19-6-4-5-18-17(19)9-10-20(18)31-15-7-8-16-14(11-22(27)29-3)13-30-21(16)12-15/h4-8,12,14,20,28H,9-11,13H2,1-3H3/t14-,20-/m1/s1. The molecule has 4 rings (SSSR count). The lowest BCUT2D eigenvalue weighted by Gasteiger charge is -2.31. The molecule has 0 saturated carbocycles. The van der Waals surface area contributed by atoms with Crippen LogP contribution in [0.5, 0.6) is 11.5 Å². The van der Waals surface area contributed by atoms with E-state index in [1.165, 1.54) is 13.2 Å². The van der Waals surface area contributed by atoms with Gasteiger partial charge in [0.2, 0.25) is 0 Å². The molecule has 1 aliphatic heterocycles. The number of ether oxygens (including phenoxy) is 3. The van der Waals surface area contributed by atoms with E-state index in [-0.39, 0.29) is 30.0 Å². The van der Waals surface area contributed by atoms with E-state index >= 15 is 0 Å². The average Bonchev–Trinajstić information content (AvgIpc) is 3.31. The molecular weight excluding hydrogens is 406 g/mol. The smallest absolute Gasteiger partial charge is 0.306 e. The van der Waals surface area contributed by atoms with Gasteiger partial charge in [0.1, 0.15) is 23.2 Å². The molecule has 0 aromatic heterocycles. The van der Waals surface area contributed by atoms with E-state index < -0.39 is 11.5 Å². The zero-order valence-corrected chi connectivity index (χ0v) is 17.8. The first-order valence-corrected chi connectivity index (χ1v) is 10.3. The lowest BCUT2D eigenvalue weighted by Crippen LogP contribution is -2.40. The molecule has 0 saturated heterocycles. The van der Waals surface area contributed by atoms with Gasteiger partial charge in [0.05, 0.1) is 20.1 Å². The minimum Gasteiger partial charge on any atom is -0.492 e. The molecule has 0 fully saturated rings. The first-order chi connectivity index (χ1) is 14.6. The second kappa shape index (κ2) is 7.79. The second-order valence-electron chi connectivity index (χ2n) is 8.64. The Kier molecular flexibility index (Phi) is 5.41. The summed E-state index contributed by atoms with van der Waals surface area (Å²) in [6.07, 6.45) is 0.900. The summed E-state index contributed by atoms with van der Waals surface area (Å²) >= 11 is 0. The number of fused-ring (bicyclic) bond motifs is 2. The zero-order chi connectivity index (χ0) is 22.4. The van der Waals surface area contributed by atoms with Crippen molar-refractivity contribution >= 4 is 5.97 Å². The lowest BCUT2D eigenvalue weighted by molar-refractivity contribution is -0.169. The maximum absolute atomic E-state index is 14.8. The van der Waals surface area contributed by atoms with Crippen molar-refractivity contribution in [1.82, 2.24) is 0 Å². The molecule has 5 nitrogen and oxygen atoms in total. The first-order valence-electron chi connectivity index (χ1n) is 10.3. The molecule has 2 atom stereocenters. The minimum atomic E-state index is -3.37. The van der Waals surface area contributed by atoms with Crippen LogP contribution in [0.2, 0.25) is 0 Å². The first kappa shape index (κ1) is 21.6. The molecule has 31 heavy (non-hydrogen) atoms. The van der Waals surface area contributed by atoms with E-state index in [0.717, 1.165) is 19.4 Å². The van der Waals surface area contributed by atoms with Crippen molar-refractivity contribution in [2.24, 2.45) is 0 Å². The van der Waals surface area contributed by atoms with Gasteiger partial charge in [0.15, 0.2) is 0 Å². The summed E-state index contributed by atoms with van der Waals surface area (Å²) in [7, 11) is 1.36. The van der Waals surface area contributed by atoms with Crippen molar-refractivity contribution in [1.29, 1.82) is 0 Å². The van der Waals surface area contributed by atoms with Crippen molar-refractivity contribution < 1.29 is 32.9 Å². The summed E-state index contributed by atoms with van der Waals surface area (Å²) in [5, 5.41) is 9.99. The fourth-order valence-electron chi connectivity index (χ4n) is 4.31. The molecule has 7 heteroatoms. The number of benzene rings is 2. The van der Waals surface area contributed by atoms with Crippen molar-refractivity contribution in [3.05, 3.63) is 58.7 Å². The maximum Gasteiger partial charge on any atom is 0.306 e. The van der Waals surface area contributed by atoms with E-state index in [1.54, 1.807) is 18.2 Å². The van der Waals surface area contributed by atoms with Crippen LogP contribution >= 0.6 is 0 Å². The maximum atomic E-state index is 14.8. The molecule has 2 aliphatic rings. The van der Waals surface area contributed by atoms with E-state index in [1.807, 2.05) is 12.1 Å². The van der Waals surface area contributed by atoms with Crippen LogP contribution in [0.1, 0.15) is 61.0 Å². The summed E-state index contributed by atoms with van der Waals surface area (Å²) in [4.78, 5) is 11.6. The number of carbonyl (C=O) groups excluding carboxylic acids is 1. The lowest BCUT2D eigenvalue weighted by atomic mass is 9.89. The minimum absolute atomic E-state index is 0.0599. The van der Waals surface area contributed by atoms with Crippen molar-refractivity contribution in [2.75, 3.05) is 13.7 Å². The largest absolute Gasteiger partial charge is 0.492 e. The van der Waals surface area contributed by atoms with Crippen LogP contribution in [0.3, 0.4) is 0 Å². The number of alkyl halides is 2. The summed E-state index contributed by atoms with van der Waals surface area (Å²) < 4.78 is 46.3. The van der Waals surface area contributed by atoms with Crippen LogP contribution in [0.4, 0.5) is 8.78 Å². The van der Waals surface area contributed by atoms with Gasteiger partial charge in [-0.05, 0) is 43.9 Å². The van der Waals surface area contributed by atoms with Crippen LogP contribution in [-0.2, 0) is 21.9 Å². The van der Waals surface area contributed by atoms with E-state index in [2.05, 4.69) is 0 Å². The molecule has 1 heterocycles. The highest BCUT2D eigenvalue weighted by molar-refractivity contribution is 5.71. The van der Waals surface area contributed by atoms with Crippen molar-refractivity contribution in [3.63, 3.8) is 0 Å². The van der Waals surface area contributed by atoms with Crippen LogP contribution in [-0.4, -0.2) is 30.4 Å². The Labute approximate surface area is 179 Å². The van der Waals surface area contributed by atoms with Gasteiger partial charge in [-0.25, -0.2) is 0 Å². The number of methoxy groups -OCH3 is 1. The predicted molar refractivity (Wildman–Crippen MR) is 110 cm³/mol. The highest BCUT2D eigenvalue weighted by atomic mass is 19.3. The number of hydrogen-bond acceptors (Lipinski definition) is 5. The Morgan fingerprint density at radius 3 is 2.71 bits per heavy atom. The fraction of sp³-hybridized carbons (Fsp3) is 0.458. The van der Waals surface area contributed by atoms with Crippen LogP contribution in [0, 0.1) is 0 Å². The molecule has 1 aliphatic carbocycles. The van der Waals surface area contributed by atoms with Gasteiger partial charge in [0, 0.05) is 23.1 Å². The Hall–Kier alpha value is -2.67. The van der Waals surface area contributed by atoms with Crippen molar-refractivity contribution in [3.8, 4) is 11.5 Å². The monoisotopic (exact) mass is 432 g/mol. The van der Waals surface area contributed by atoms with Gasteiger partial charge < -0.3 is 19.3 Å². The normalized spacial score (nSPS) is 20.1. The Balaban J connectivity index is 1.55. The van der Waals surface area contributed by atoms with Crippen LogP contribution in [0.25, 0.3) is 0 Å². The predicted octanol–water partition coefficient (Wildman–Crippen LogP) is 4.65. The number of carbonyl (C=O) groups is 1. The summed E-state index contributed by atoms with van der Waals surface area (Å²) in [6.45, 7) is 2.64. The summed E-state index contributed by atoms with van der Waals surface area (Å²) in [6, 6.07) is 10.2. The molecule has 2 aromatic rings. The molecule has 0 bridgehead atoms. The highest BCUT2D eigenvalue weighted by Gasteiger charge is 2.49. The van der Waals surface area contributed by atoms with Gasteiger partial charge in [-0.15, -0.1) is 0 Å². The van der Waals surface area contributed by atoms with Crippen LogP contribution in [0.15, 0.2) is 36.4 Å². The molecular formula is C24H26F2O5. The van der Waals surface area contributed by atoms with Crippen LogP contribution < -0.4 is 9.47 Å². The Morgan fingerprint density at radius 1 is 1.23 bits per heavy atom. The van der Waals surface area contributed by atoms with E-state index in [0.29, 0.717) is 42.1 Å². The Morgan fingerprint density at radius 2 is 2.00 bits per heavy atom. The molecule has 0 radical (unpaired) electrons. The summed E-state index contributed by atoms with van der Waals surface area (Å²) in [5.74, 6) is -2.48. The van der Waals surface area contributed by atoms with Gasteiger partial charge in [-0.2, -0.15) is 8.78 Å². The molecule has 0 spiro atoms. The number of esters is 1. The molecule has 1 N–H and O–H groups in total. The molecule has 0 unspecified atom stereocenters. The third-order valence-corrected chi connectivity index (χ3v) is 6.11. The third-order valence-electron chi connectivity index (χ3n) is 6.11. The third kappa shape index (κ3) is 3.87. The second-order valence-corrected chi connectivity index (χ2v) is 8.64. The topological polar surface area (TPSA) is 65.0 Å². The molecule has 2 aromatic carbocycles. The fourth-order valence-corrected chi connectivity index (χ4v) is 4.31. The Bertz CT molecular complexity index is 996. The molecule has 0 amide bonds. The zero-order valence-electron chi connectivity index (χ0n) is 17.8. The average molecular weight is 432 g/mol. The quantitative estimate of drug-likeness (QED) is 0.673.